The zero-order valence-corrected chi connectivity index (χ0v) is 10.1. The highest BCUT2D eigenvalue weighted by atomic mass is 35.5. The molecule has 1 nitrogen and oxygen atoms in total. The van der Waals surface area contributed by atoms with Crippen LogP contribution < -0.4 is 0 Å². The molecule has 0 fully saturated rings. The molecule has 0 unspecified atom stereocenters. The molecule has 0 aliphatic carbocycles. The second kappa shape index (κ2) is 4.74. The minimum Gasteiger partial charge on any atom is -0.377 e. The fourth-order valence-corrected chi connectivity index (χ4v) is 1.92. The lowest BCUT2D eigenvalue weighted by molar-refractivity contribution is 0.135. The van der Waals surface area contributed by atoms with Crippen molar-refractivity contribution in [1.29, 1.82) is 0 Å². The van der Waals surface area contributed by atoms with Crippen molar-refractivity contribution in [3.05, 3.63) is 83.4 Å². The fraction of sp³-hybridized carbons (Fsp3) is 0.0667. The summed E-state index contributed by atoms with van der Waals surface area (Å²) in [5, 5.41) is 11.3. The van der Waals surface area contributed by atoms with Gasteiger partial charge in [-0.25, -0.2) is 0 Å². The average Bonchev–Trinajstić information content (AvgIpc) is 2.40. The molecule has 0 saturated carbocycles. The van der Waals surface area contributed by atoms with Gasteiger partial charge in [0.25, 0.3) is 0 Å². The van der Waals surface area contributed by atoms with E-state index in [-0.39, 0.29) is 0 Å². The molecule has 2 heteroatoms. The first-order valence-electron chi connectivity index (χ1n) is 5.34. The summed E-state index contributed by atoms with van der Waals surface area (Å²) in [5.41, 5.74) is 0.367. The maximum Gasteiger partial charge on any atom is 0.133 e. The van der Waals surface area contributed by atoms with Crippen molar-refractivity contribution < 1.29 is 5.11 Å². The zero-order valence-electron chi connectivity index (χ0n) is 9.31. The van der Waals surface area contributed by atoms with Gasteiger partial charge in [0.05, 0.1) is 0 Å². The van der Waals surface area contributed by atoms with Gasteiger partial charge in [-0.05, 0) is 23.3 Å². The van der Waals surface area contributed by atoms with Crippen molar-refractivity contribution in [2.45, 2.75) is 5.60 Å². The SMILES string of the molecule is C=C[C@@](O)(c1ccccc1)c1ccc(Cl)cc1. The summed E-state index contributed by atoms with van der Waals surface area (Å²) in [6, 6.07) is 16.6. The molecule has 2 aromatic rings. The van der Waals surface area contributed by atoms with Crippen LogP contribution in [0.4, 0.5) is 0 Å². The Kier molecular flexibility index (Phi) is 3.32. The van der Waals surface area contributed by atoms with Gasteiger partial charge >= 0.3 is 0 Å². The topological polar surface area (TPSA) is 20.2 Å². The van der Waals surface area contributed by atoms with E-state index in [0.717, 1.165) is 11.1 Å². The van der Waals surface area contributed by atoms with Gasteiger partial charge < -0.3 is 5.11 Å². The first-order chi connectivity index (χ1) is 8.16. The van der Waals surface area contributed by atoms with Crippen LogP contribution in [0.25, 0.3) is 0 Å². The van der Waals surface area contributed by atoms with Crippen LogP contribution >= 0.6 is 11.6 Å². The van der Waals surface area contributed by atoms with E-state index in [9.17, 15) is 5.11 Å². The first-order valence-corrected chi connectivity index (χ1v) is 5.72. The molecule has 0 saturated heterocycles. The predicted molar refractivity (Wildman–Crippen MR) is 71.1 cm³/mol. The molecule has 17 heavy (non-hydrogen) atoms. The molecular weight excluding hydrogens is 232 g/mol. The molecule has 2 aromatic carbocycles. The van der Waals surface area contributed by atoms with E-state index in [4.69, 9.17) is 11.6 Å². The molecule has 0 aliphatic heterocycles. The first kappa shape index (κ1) is 11.9. The minimum absolute atomic E-state index is 0.647. The van der Waals surface area contributed by atoms with E-state index < -0.39 is 5.60 Å². The Morgan fingerprint density at radius 2 is 1.47 bits per heavy atom. The highest BCUT2D eigenvalue weighted by Crippen LogP contribution is 2.31. The molecule has 0 bridgehead atoms. The lowest BCUT2D eigenvalue weighted by Gasteiger charge is -2.25. The van der Waals surface area contributed by atoms with E-state index in [0.29, 0.717) is 5.02 Å². The van der Waals surface area contributed by atoms with Crippen molar-refractivity contribution in [2.24, 2.45) is 0 Å². The molecule has 0 aromatic heterocycles. The second-order valence-electron chi connectivity index (χ2n) is 3.84. The quantitative estimate of drug-likeness (QED) is 0.815. The number of benzene rings is 2. The van der Waals surface area contributed by atoms with Crippen molar-refractivity contribution in [1.82, 2.24) is 0 Å². The third-order valence-corrected chi connectivity index (χ3v) is 3.05. The summed E-state index contributed by atoms with van der Waals surface area (Å²) in [5.74, 6) is 0. The van der Waals surface area contributed by atoms with Crippen LogP contribution in [-0.2, 0) is 5.60 Å². The standard InChI is InChI=1S/C15H13ClO/c1-2-15(17,12-6-4-3-5-7-12)13-8-10-14(16)11-9-13/h2-11,17H,1H2/t15-/m1/s1. The third kappa shape index (κ3) is 2.26. The van der Waals surface area contributed by atoms with Gasteiger partial charge in [0.2, 0.25) is 0 Å². The van der Waals surface area contributed by atoms with E-state index >= 15 is 0 Å². The van der Waals surface area contributed by atoms with Crippen LogP contribution in [0.1, 0.15) is 11.1 Å². The van der Waals surface area contributed by atoms with Crippen molar-refractivity contribution in [3.63, 3.8) is 0 Å². The van der Waals surface area contributed by atoms with Crippen LogP contribution in [0, 0.1) is 0 Å². The molecule has 2 rings (SSSR count). The Morgan fingerprint density at radius 1 is 0.941 bits per heavy atom. The summed E-state index contributed by atoms with van der Waals surface area (Å²) in [6.07, 6.45) is 1.53. The summed E-state index contributed by atoms with van der Waals surface area (Å²) in [6.45, 7) is 3.72. The zero-order chi connectivity index (χ0) is 12.3. The minimum atomic E-state index is -1.17. The molecule has 0 spiro atoms. The average molecular weight is 245 g/mol. The third-order valence-electron chi connectivity index (χ3n) is 2.79. The van der Waals surface area contributed by atoms with Crippen molar-refractivity contribution >= 4 is 11.6 Å². The van der Waals surface area contributed by atoms with Crippen LogP contribution in [0.2, 0.25) is 5.02 Å². The summed E-state index contributed by atoms with van der Waals surface area (Å²) >= 11 is 5.84. The van der Waals surface area contributed by atoms with E-state index in [1.54, 1.807) is 24.3 Å². The van der Waals surface area contributed by atoms with E-state index in [1.165, 1.54) is 6.08 Å². The number of hydrogen-bond donors (Lipinski definition) is 1. The highest BCUT2D eigenvalue weighted by Gasteiger charge is 2.27. The van der Waals surface area contributed by atoms with Gasteiger partial charge in [0.15, 0.2) is 0 Å². The van der Waals surface area contributed by atoms with Crippen molar-refractivity contribution in [2.75, 3.05) is 0 Å². The van der Waals surface area contributed by atoms with E-state index in [1.807, 2.05) is 30.3 Å². The highest BCUT2D eigenvalue weighted by molar-refractivity contribution is 6.30. The molecule has 1 atom stereocenters. The molecule has 86 valence electrons. The maximum absolute atomic E-state index is 10.7. The van der Waals surface area contributed by atoms with Gasteiger partial charge in [0.1, 0.15) is 5.60 Å². The number of rotatable bonds is 3. The van der Waals surface area contributed by atoms with Crippen LogP contribution in [0.15, 0.2) is 67.3 Å². The monoisotopic (exact) mass is 244 g/mol. The Morgan fingerprint density at radius 3 is 2.00 bits per heavy atom. The van der Waals surface area contributed by atoms with Gasteiger partial charge in [-0.15, -0.1) is 0 Å². The Bertz CT molecular complexity index is 504. The lowest BCUT2D eigenvalue weighted by atomic mass is 9.86. The largest absolute Gasteiger partial charge is 0.377 e. The Balaban J connectivity index is 2.51. The normalized spacial score (nSPS) is 14.0. The summed E-state index contributed by atoms with van der Waals surface area (Å²) in [4.78, 5) is 0. The number of hydrogen-bond acceptors (Lipinski definition) is 1. The van der Waals surface area contributed by atoms with Gasteiger partial charge in [-0.2, -0.15) is 0 Å². The second-order valence-corrected chi connectivity index (χ2v) is 4.28. The molecule has 0 aliphatic rings. The molecule has 1 N–H and O–H groups in total. The number of aliphatic hydroxyl groups is 1. The van der Waals surface area contributed by atoms with Crippen LogP contribution in [0.5, 0.6) is 0 Å². The molecular formula is C15H13ClO. The van der Waals surface area contributed by atoms with Crippen molar-refractivity contribution in [3.8, 4) is 0 Å². The predicted octanol–water partition coefficient (Wildman–Crippen LogP) is 3.76. The van der Waals surface area contributed by atoms with Gasteiger partial charge in [-0.3, -0.25) is 0 Å². The van der Waals surface area contributed by atoms with E-state index in [2.05, 4.69) is 6.58 Å². The number of halogens is 1. The Labute approximate surface area is 106 Å². The van der Waals surface area contributed by atoms with Crippen LogP contribution in [-0.4, -0.2) is 5.11 Å². The molecule has 0 heterocycles. The molecule has 0 amide bonds. The smallest absolute Gasteiger partial charge is 0.133 e. The van der Waals surface area contributed by atoms with Gasteiger partial charge in [0, 0.05) is 5.02 Å². The van der Waals surface area contributed by atoms with Gasteiger partial charge in [-0.1, -0.05) is 66.7 Å². The molecule has 0 radical (unpaired) electrons. The summed E-state index contributed by atoms with van der Waals surface area (Å²) < 4.78 is 0. The summed E-state index contributed by atoms with van der Waals surface area (Å²) in [7, 11) is 0. The Hall–Kier alpha value is -1.57. The lowest BCUT2D eigenvalue weighted by Crippen LogP contribution is -2.23. The van der Waals surface area contributed by atoms with Crippen LogP contribution in [0.3, 0.4) is 0 Å². The maximum atomic E-state index is 10.7. The fourth-order valence-electron chi connectivity index (χ4n) is 1.80.